The van der Waals surface area contributed by atoms with Crippen molar-refractivity contribution in [1.29, 1.82) is 0 Å². The van der Waals surface area contributed by atoms with Crippen molar-refractivity contribution in [3.05, 3.63) is 22.1 Å². The van der Waals surface area contributed by atoms with Gasteiger partial charge in [0.15, 0.2) is 0 Å². The van der Waals surface area contributed by atoms with Gasteiger partial charge in [-0.1, -0.05) is 5.92 Å². The van der Waals surface area contributed by atoms with Crippen molar-refractivity contribution in [2.45, 2.75) is 6.42 Å². The summed E-state index contributed by atoms with van der Waals surface area (Å²) >= 11 is 0. The zero-order valence-electron chi connectivity index (χ0n) is 7.70. The van der Waals surface area contributed by atoms with Crippen LogP contribution in [0.25, 0.3) is 0 Å². The maximum atomic E-state index is 10.3. The van der Waals surface area contributed by atoms with Gasteiger partial charge in [-0.05, 0) is 17.9 Å². The molecule has 0 saturated carbocycles. The quantitative estimate of drug-likeness (QED) is 0.313. The summed E-state index contributed by atoms with van der Waals surface area (Å²) in [5.74, 6) is 5.71. The van der Waals surface area contributed by atoms with Gasteiger partial charge in [0.2, 0.25) is 0 Å². The van der Waals surface area contributed by atoms with Gasteiger partial charge in [-0.2, -0.15) is 0 Å². The fourth-order valence-electron chi connectivity index (χ4n) is 0.802. The number of hydrogen-bond acceptors (Lipinski definition) is 4. The van der Waals surface area contributed by atoms with Gasteiger partial charge in [0, 0.05) is 13.0 Å². The van der Waals surface area contributed by atoms with E-state index in [1.54, 1.807) is 0 Å². The van der Waals surface area contributed by atoms with Crippen molar-refractivity contribution in [2.24, 2.45) is 0 Å². The Bertz CT molecular complexity index is 374. The third-order valence-electron chi connectivity index (χ3n) is 1.47. The van der Waals surface area contributed by atoms with E-state index >= 15 is 0 Å². The van der Waals surface area contributed by atoms with Crippen LogP contribution in [0.5, 0.6) is 0 Å². The standard InChI is InChI=1S/C8H10N4O2/c1-9-5-3-2-4-7-10-6-8(11-7)12(13)14/h6,9H,3,5H2,1H3,(H,10,11). The van der Waals surface area contributed by atoms with Crippen molar-refractivity contribution < 1.29 is 4.92 Å². The van der Waals surface area contributed by atoms with Gasteiger partial charge >= 0.3 is 5.82 Å². The minimum Gasteiger partial charge on any atom is -0.358 e. The first-order chi connectivity index (χ1) is 6.74. The van der Waals surface area contributed by atoms with Gasteiger partial charge in [-0.25, -0.2) is 9.97 Å². The van der Waals surface area contributed by atoms with E-state index in [1.807, 2.05) is 7.05 Å². The molecule has 6 nitrogen and oxygen atoms in total. The van der Waals surface area contributed by atoms with Crippen LogP contribution in [0.4, 0.5) is 5.82 Å². The molecule has 0 aliphatic carbocycles. The molecule has 0 aromatic carbocycles. The van der Waals surface area contributed by atoms with Crippen molar-refractivity contribution in [3.63, 3.8) is 0 Å². The second-order valence-corrected chi connectivity index (χ2v) is 2.53. The maximum Gasteiger partial charge on any atom is 0.341 e. The Labute approximate surface area is 80.9 Å². The lowest BCUT2D eigenvalue weighted by molar-refractivity contribution is -0.389. The number of nitro groups is 1. The zero-order chi connectivity index (χ0) is 10.4. The Morgan fingerprint density at radius 3 is 3.14 bits per heavy atom. The summed E-state index contributed by atoms with van der Waals surface area (Å²) < 4.78 is 0. The van der Waals surface area contributed by atoms with Crippen LogP contribution in [-0.4, -0.2) is 28.5 Å². The van der Waals surface area contributed by atoms with Crippen LogP contribution in [0.1, 0.15) is 12.2 Å². The number of aromatic amines is 1. The number of rotatable bonds is 3. The first-order valence-corrected chi connectivity index (χ1v) is 4.07. The summed E-state index contributed by atoms with van der Waals surface area (Å²) in [5.41, 5.74) is 0. The first-order valence-electron chi connectivity index (χ1n) is 4.07. The predicted octanol–water partition coefficient (Wildman–Crippen LogP) is 0.279. The Hall–Kier alpha value is -1.87. The fourth-order valence-corrected chi connectivity index (χ4v) is 0.802. The lowest BCUT2D eigenvalue weighted by Crippen LogP contribution is -2.05. The van der Waals surface area contributed by atoms with Crippen molar-refractivity contribution in [2.75, 3.05) is 13.6 Å². The molecule has 14 heavy (non-hydrogen) atoms. The highest BCUT2D eigenvalue weighted by molar-refractivity contribution is 5.27. The van der Waals surface area contributed by atoms with Gasteiger partial charge in [-0.3, -0.25) is 0 Å². The number of hydrogen-bond donors (Lipinski definition) is 2. The van der Waals surface area contributed by atoms with E-state index in [2.05, 4.69) is 27.1 Å². The SMILES string of the molecule is CNCCC#Cc1ncc([N+](=O)[O-])[nH]1. The van der Waals surface area contributed by atoms with E-state index in [-0.39, 0.29) is 5.82 Å². The van der Waals surface area contributed by atoms with E-state index < -0.39 is 4.92 Å². The van der Waals surface area contributed by atoms with Crippen molar-refractivity contribution in [3.8, 4) is 11.8 Å². The van der Waals surface area contributed by atoms with Crippen LogP contribution in [0.15, 0.2) is 6.20 Å². The van der Waals surface area contributed by atoms with Gasteiger partial charge in [-0.15, -0.1) is 0 Å². The summed E-state index contributed by atoms with van der Waals surface area (Å²) in [6.45, 7) is 0.788. The minimum absolute atomic E-state index is 0.136. The largest absolute Gasteiger partial charge is 0.358 e. The molecule has 1 rings (SSSR count). The van der Waals surface area contributed by atoms with Gasteiger partial charge in [0.1, 0.15) is 6.20 Å². The zero-order valence-corrected chi connectivity index (χ0v) is 7.70. The summed E-state index contributed by atoms with van der Waals surface area (Å²) in [6.07, 6.45) is 1.84. The molecule has 0 unspecified atom stereocenters. The first kappa shape index (κ1) is 10.2. The summed E-state index contributed by atoms with van der Waals surface area (Å²) in [7, 11) is 1.83. The topological polar surface area (TPSA) is 83.8 Å². The molecule has 0 atom stereocenters. The molecule has 2 N–H and O–H groups in total. The highest BCUT2D eigenvalue weighted by Gasteiger charge is 2.06. The summed E-state index contributed by atoms with van der Waals surface area (Å²) in [5, 5.41) is 13.2. The smallest absolute Gasteiger partial charge is 0.341 e. The number of imidazole rings is 1. The molecule has 1 aromatic heterocycles. The Morgan fingerprint density at radius 2 is 2.57 bits per heavy atom. The van der Waals surface area contributed by atoms with Crippen LogP contribution in [0.3, 0.4) is 0 Å². The lowest BCUT2D eigenvalue weighted by Gasteiger charge is -1.86. The number of aromatic nitrogens is 2. The van der Waals surface area contributed by atoms with Crippen LogP contribution in [-0.2, 0) is 0 Å². The third kappa shape index (κ3) is 2.88. The molecule has 0 saturated heterocycles. The van der Waals surface area contributed by atoms with Crippen molar-refractivity contribution in [1.82, 2.24) is 15.3 Å². The average Bonchev–Trinajstić information content (AvgIpc) is 2.61. The van der Waals surface area contributed by atoms with Crippen LogP contribution < -0.4 is 5.32 Å². The molecule has 0 bridgehead atoms. The summed E-state index contributed by atoms with van der Waals surface area (Å²) in [4.78, 5) is 16.0. The van der Waals surface area contributed by atoms with Gasteiger partial charge in [0.25, 0.3) is 5.82 Å². The molecular formula is C8H10N4O2. The monoisotopic (exact) mass is 194 g/mol. The average molecular weight is 194 g/mol. The fraction of sp³-hybridized carbons (Fsp3) is 0.375. The highest BCUT2D eigenvalue weighted by atomic mass is 16.6. The number of nitrogens with one attached hydrogen (secondary N) is 2. The van der Waals surface area contributed by atoms with Gasteiger partial charge < -0.3 is 15.4 Å². The number of H-pyrrole nitrogens is 1. The van der Waals surface area contributed by atoms with Crippen molar-refractivity contribution >= 4 is 5.82 Å². The van der Waals surface area contributed by atoms with E-state index in [9.17, 15) is 10.1 Å². The van der Waals surface area contributed by atoms with Crippen LogP contribution in [0.2, 0.25) is 0 Å². The lowest BCUT2D eigenvalue weighted by atomic mass is 10.4. The van der Waals surface area contributed by atoms with Crippen LogP contribution >= 0.6 is 0 Å². The Balaban J connectivity index is 2.58. The molecule has 0 aliphatic heterocycles. The Kier molecular flexibility index (Phi) is 3.64. The Morgan fingerprint density at radius 1 is 1.79 bits per heavy atom. The van der Waals surface area contributed by atoms with E-state index in [1.165, 1.54) is 0 Å². The highest BCUT2D eigenvalue weighted by Crippen LogP contribution is 2.04. The third-order valence-corrected chi connectivity index (χ3v) is 1.47. The normalized spacial score (nSPS) is 9.21. The molecule has 6 heteroatoms. The maximum absolute atomic E-state index is 10.3. The molecule has 0 fully saturated rings. The molecular weight excluding hydrogens is 184 g/mol. The second-order valence-electron chi connectivity index (χ2n) is 2.53. The van der Waals surface area contributed by atoms with Gasteiger partial charge in [0.05, 0.1) is 0 Å². The molecule has 1 aromatic rings. The molecule has 1 heterocycles. The van der Waals surface area contributed by atoms with E-state index in [0.717, 1.165) is 12.7 Å². The van der Waals surface area contributed by atoms with E-state index in [4.69, 9.17) is 0 Å². The van der Waals surface area contributed by atoms with Crippen LogP contribution in [0, 0.1) is 22.0 Å². The second kappa shape index (κ2) is 4.99. The molecule has 0 radical (unpaired) electrons. The van der Waals surface area contributed by atoms with E-state index in [0.29, 0.717) is 12.2 Å². The molecule has 0 amide bonds. The molecule has 74 valence electrons. The number of nitrogens with zero attached hydrogens (tertiary/aromatic N) is 2. The molecule has 0 spiro atoms. The molecule has 0 aliphatic rings. The summed E-state index contributed by atoms with van der Waals surface area (Å²) in [6, 6.07) is 0. The minimum atomic E-state index is -0.536. The predicted molar refractivity (Wildman–Crippen MR) is 50.7 cm³/mol.